The fourth-order valence-electron chi connectivity index (χ4n) is 4.77. The zero-order chi connectivity index (χ0) is 31.5. The van der Waals surface area contributed by atoms with Crippen LogP contribution in [0.1, 0.15) is 24.5 Å². The van der Waals surface area contributed by atoms with Crippen LogP contribution in [0.25, 0.3) is 0 Å². The molecule has 0 spiro atoms. The maximum absolute atomic E-state index is 14.5. The van der Waals surface area contributed by atoms with Crippen molar-refractivity contribution in [1.82, 2.24) is 10.2 Å². The van der Waals surface area contributed by atoms with E-state index in [-0.39, 0.29) is 34.5 Å². The second kappa shape index (κ2) is 15.4. The van der Waals surface area contributed by atoms with Crippen molar-refractivity contribution in [2.45, 2.75) is 37.2 Å². The van der Waals surface area contributed by atoms with Gasteiger partial charge in [0.1, 0.15) is 18.3 Å². The Morgan fingerprint density at radius 3 is 2.16 bits per heavy atom. The summed E-state index contributed by atoms with van der Waals surface area (Å²) in [5, 5.41) is 3.10. The number of hydrogen-bond acceptors (Lipinski definition) is 5. The van der Waals surface area contributed by atoms with E-state index in [0.717, 1.165) is 9.87 Å². The van der Waals surface area contributed by atoms with Gasteiger partial charge in [0, 0.05) is 19.5 Å². The fraction of sp³-hybridized carbons (Fsp3) is 0.235. The van der Waals surface area contributed by atoms with Crippen molar-refractivity contribution >= 4 is 39.1 Å². The molecule has 2 amide bonds. The van der Waals surface area contributed by atoms with Crippen LogP contribution in [-0.2, 0) is 32.6 Å². The summed E-state index contributed by atoms with van der Waals surface area (Å²) in [6, 6.07) is 30.0. The van der Waals surface area contributed by atoms with E-state index in [1.165, 1.54) is 17.0 Å². The number of halogens is 1. The van der Waals surface area contributed by atoms with Gasteiger partial charge in [-0.25, -0.2) is 8.42 Å². The lowest BCUT2D eigenvalue weighted by molar-refractivity contribution is -0.140. The van der Waals surface area contributed by atoms with E-state index in [2.05, 4.69) is 5.32 Å². The molecule has 1 atom stereocenters. The lowest BCUT2D eigenvalue weighted by Crippen LogP contribution is -2.53. The SMILES string of the molecule is CCCNC(=O)[C@H](Cc1ccccc1)N(Cc1cccc(OC)c1)C(=O)CN(c1ccccc1Cl)S(=O)(=O)c1ccccc1. The van der Waals surface area contributed by atoms with Crippen molar-refractivity contribution in [3.8, 4) is 5.75 Å². The van der Waals surface area contributed by atoms with Crippen molar-refractivity contribution in [3.63, 3.8) is 0 Å². The molecule has 0 aliphatic rings. The number of nitrogens with zero attached hydrogens (tertiary/aromatic N) is 2. The Balaban J connectivity index is 1.81. The summed E-state index contributed by atoms with van der Waals surface area (Å²) < 4.78 is 34.5. The van der Waals surface area contributed by atoms with Crippen molar-refractivity contribution < 1.29 is 22.7 Å². The number of sulfonamides is 1. The normalized spacial score (nSPS) is 11.8. The highest BCUT2D eigenvalue weighted by molar-refractivity contribution is 7.92. The molecule has 0 aliphatic carbocycles. The quantitative estimate of drug-likeness (QED) is 0.192. The molecule has 0 radical (unpaired) electrons. The van der Waals surface area contributed by atoms with E-state index >= 15 is 0 Å². The fourth-order valence-corrected chi connectivity index (χ4v) is 6.52. The number of anilines is 1. The molecule has 0 fully saturated rings. The Morgan fingerprint density at radius 1 is 0.864 bits per heavy atom. The summed E-state index contributed by atoms with van der Waals surface area (Å²) in [5.74, 6) is -0.309. The Hall–Kier alpha value is -4.34. The summed E-state index contributed by atoms with van der Waals surface area (Å²) >= 11 is 6.51. The number of methoxy groups -OCH3 is 1. The van der Waals surface area contributed by atoms with E-state index in [4.69, 9.17) is 16.3 Å². The average Bonchev–Trinajstić information content (AvgIpc) is 3.05. The van der Waals surface area contributed by atoms with Gasteiger partial charge < -0.3 is 15.0 Å². The van der Waals surface area contributed by atoms with Gasteiger partial charge >= 0.3 is 0 Å². The standard InChI is InChI=1S/C34H36ClN3O5S/c1-3-21-36-34(40)32(23-26-13-6-4-7-14-26)37(24-27-15-12-16-28(22-27)43-2)33(39)25-38(31-20-11-10-19-30(31)35)44(41,42)29-17-8-5-9-18-29/h4-20,22,32H,3,21,23-25H2,1-2H3,(H,36,40)/t32-/m0/s1. The predicted molar refractivity (Wildman–Crippen MR) is 173 cm³/mol. The first kappa shape index (κ1) is 32.6. The molecule has 230 valence electrons. The average molecular weight is 634 g/mol. The molecular weight excluding hydrogens is 598 g/mol. The number of amides is 2. The van der Waals surface area contributed by atoms with Crippen LogP contribution in [0.3, 0.4) is 0 Å². The third-order valence-electron chi connectivity index (χ3n) is 7.04. The maximum atomic E-state index is 14.5. The Labute approximate surface area is 264 Å². The van der Waals surface area contributed by atoms with Crippen LogP contribution < -0.4 is 14.4 Å². The van der Waals surface area contributed by atoms with Crippen molar-refractivity contribution in [3.05, 3.63) is 125 Å². The molecule has 1 N–H and O–H groups in total. The van der Waals surface area contributed by atoms with E-state index in [1.54, 1.807) is 67.8 Å². The van der Waals surface area contributed by atoms with Crippen LogP contribution in [0, 0.1) is 0 Å². The van der Waals surface area contributed by atoms with Gasteiger partial charge in [-0.1, -0.05) is 91.3 Å². The molecule has 44 heavy (non-hydrogen) atoms. The lowest BCUT2D eigenvalue weighted by atomic mass is 10.0. The number of benzene rings is 4. The molecule has 0 bridgehead atoms. The number of carbonyl (C=O) groups excluding carboxylic acids is 2. The topological polar surface area (TPSA) is 96.0 Å². The van der Waals surface area contributed by atoms with E-state index in [9.17, 15) is 18.0 Å². The van der Waals surface area contributed by atoms with Crippen LogP contribution in [0.2, 0.25) is 5.02 Å². The van der Waals surface area contributed by atoms with Gasteiger partial charge in [-0.2, -0.15) is 0 Å². The Kier molecular flexibility index (Phi) is 11.4. The van der Waals surface area contributed by atoms with Crippen molar-refractivity contribution in [1.29, 1.82) is 0 Å². The summed E-state index contributed by atoms with van der Waals surface area (Å²) in [6.07, 6.45) is 0.937. The number of hydrogen-bond donors (Lipinski definition) is 1. The molecule has 4 aromatic rings. The number of ether oxygens (including phenoxy) is 1. The summed E-state index contributed by atoms with van der Waals surface area (Å²) in [4.78, 5) is 29.6. The smallest absolute Gasteiger partial charge is 0.264 e. The van der Waals surface area contributed by atoms with Gasteiger partial charge in [0.25, 0.3) is 10.0 Å². The minimum Gasteiger partial charge on any atom is -0.497 e. The summed E-state index contributed by atoms with van der Waals surface area (Å²) in [6.45, 7) is 1.83. The minimum absolute atomic E-state index is 0.00795. The van der Waals surface area contributed by atoms with E-state index in [1.807, 2.05) is 43.3 Å². The summed E-state index contributed by atoms with van der Waals surface area (Å²) in [7, 11) is -2.68. The number of carbonyl (C=O) groups is 2. The van der Waals surface area contributed by atoms with E-state index < -0.39 is 28.5 Å². The third-order valence-corrected chi connectivity index (χ3v) is 9.13. The molecule has 0 aliphatic heterocycles. The molecule has 0 unspecified atom stereocenters. The minimum atomic E-state index is -4.23. The number of para-hydroxylation sites is 1. The Morgan fingerprint density at radius 2 is 1.50 bits per heavy atom. The first-order chi connectivity index (χ1) is 21.2. The van der Waals surface area contributed by atoms with Gasteiger partial charge in [-0.15, -0.1) is 0 Å². The molecule has 0 heterocycles. The highest BCUT2D eigenvalue weighted by Crippen LogP contribution is 2.31. The number of rotatable bonds is 14. The zero-order valence-electron chi connectivity index (χ0n) is 24.7. The second-order valence-corrected chi connectivity index (χ2v) is 12.4. The molecule has 0 saturated carbocycles. The van der Waals surface area contributed by atoms with Crippen LogP contribution in [0.5, 0.6) is 5.75 Å². The van der Waals surface area contributed by atoms with Crippen LogP contribution in [0.4, 0.5) is 5.69 Å². The third kappa shape index (κ3) is 8.18. The van der Waals surface area contributed by atoms with Crippen LogP contribution in [0.15, 0.2) is 114 Å². The predicted octanol–water partition coefficient (Wildman–Crippen LogP) is 5.71. The molecule has 0 aromatic heterocycles. The molecular formula is C34H36ClN3O5S. The highest BCUT2D eigenvalue weighted by atomic mass is 35.5. The Bertz CT molecular complexity index is 1650. The maximum Gasteiger partial charge on any atom is 0.264 e. The summed E-state index contributed by atoms with van der Waals surface area (Å²) in [5.41, 5.74) is 1.73. The van der Waals surface area contributed by atoms with Gasteiger partial charge in [0.05, 0.1) is 22.7 Å². The van der Waals surface area contributed by atoms with Crippen LogP contribution >= 0.6 is 11.6 Å². The monoisotopic (exact) mass is 633 g/mol. The largest absolute Gasteiger partial charge is 0.497 e. The zero-order valence-corrected chi connectivity index (χ0v) is 26.3. The van der Waals surface area contributed by atoms with Gasteiger partial charge in [-0.05, 0) is 53.9 Å². The van der Waals surface area contributed by atoms with Gasteiger partial charge in [0.15, 0.2) is 0 Å². The first-order valence-corrected chi connectivity index (χ1v) is 16.1. The molecule has 8 nitrogen and oxygen atoms in total. The molecule has 10 heteroatoms. The van der Waals surface area contributed by atoms with Crippen molar-refractivity contribution in [2.24, 2.45) is 0 Å². The molecule has 4 aromatic carbocycles. The number of nitrogens with one attached hydrogen (secondary N) is 1. The first-order valence-electron chi connectivity index (χ1n) is 14.3. The van der Waals surface area contributed by atoms with Gasteiger partial charge in [-0.3, -0.25) is 13.9 Å². The van der Waals surface area contributed by atoms with Gasteiger partial charge in [0.2, 0.25) is 11.8 Å². The lowest BCUT2D eigenvalue weighted by Gasteiger charge is -2.34. The highest BCUT2D eigenvalue weighted by Gasteiger charge is 2.35. The molecule has 4 rings (SSSR count). The van der Waals surface area contributed by atoms with Crippen molar-refractivity contribution in [2.75, 3.05) is 24.5 Å². The molecule has 0 saturated heterocycles. The van der Waals surface area contributed by atoms with Crippen LogP contribution in [-0.4, -0.2) is 51.4 Å². The van der Waals surface area contributed by atoms with E-state index in [0.29, 0.717) is 24.3 Å². The second-order valence-electron chi connectivity index (χ2n) is 10.1.